The van der Waals surface area contributed by atoms with Gasteiger partial charge < -0.3 is 4.74 Å². The molecule has 3 heteroatoms. The number of alkyl halides is 1. The Balaban J connectivity index is 2.63. The highest BCUT2D eigenvalue weighted by atomic mass is 127. The van der Waals surface area contributed by atoms with E-state index >= 15 is 0 Å². The summed E-state index contributed by atoms with van der Waals surface area (Å²) < 4.78 is 7.40. The highest BCUT2D eigenvalue weighted by Gasteiger charge is 2.00. The zero-order valence-corrected chi connectivity index (χ0v) is 12.0. The van der Waals surface area contributed by atoms with Gasteiger partial charge in [0.15, 0.2) is 0 Å². The molecule has 72 valence electrons. The molecule has 13 heavy (non-hydrogen) atoms. The van der Waals surface area contributed by atoms with Gasteiger partial charge in [-0.3, -0.25) is 0 Å². The molecule has 0 aliphatic rings. The van der Waals surface area contributed by atoms with Crippen LogP contribution < -0.4 is 4.74 Å². The van der Waals surface area contributed by atoms with E-state index in [1.165, 1.54) is 9.13 Å². The van der Waals surface area contributed by atoms with Crippen LogP contribution in [0, 0.1) is 10.5 Å². The maximum Gasteiger partial charge on any atom is 0.120 e. The van der Waals surface area contributed by atoms with Crippen LogP contribution in [0.5, 0.6) is 5.75 Å². The molecule has 0 heterocycles. The summed E-state index contributed by atoms with van der Waals surface area (Å²) in [5.41, 5.74) is 1.30. The zero-order valence-electron chi connectivity index (χ0n) is 7.68. The second-order valence-electron chi connectivity index (χ2n) is 3.00. The van der Waals surface area contributed by atoms with E-state index in [1.807, 2.05) is 6.07 Å². The van der Waals surface area contributed by atoms with Gasteiger partial charge in [0.1, 0.15) is 5.75 Å². The molecule has 0 saturated heterocycles. The SMILES string of the molecule is Cc1ccc(OCC(C)I)cc1I. The Morgan fingerprint density at radius 2 is 2.15 bits per heavy atom. The lowest BCUT2D eigenvalue weighted by Crippen LogP contribution is -2.06. The molecule has 0 N–H and O–H groups in total. The van der Waals surface area contributed by atoms with Crippen molar-refractivity contribution in [3.05, 3.63) is 27.3 Å². The summed E-state index contributed by atoms with van der Waals surface area (Å²) in [6, 6.07) is 6.19. The monoisotopic (exact) mass is 402 g/mol. The van der Waals surface area contributed by atoms with Crippen molar-refractivity contribution >= 4 is 45.2 Å². The molecule has 1 atom stereocenters. The van der Waals surface area contributed by atoms with Crippen molar-refractivity contribution in [1.82, 2.24) is 0 Å². The van der Waals surface area contributed by atoms with Gasteiger partial charge in [-0.1, -0.05) is 35.6 Å². The first-order valence-electron chi connectivity index (χ1n) is 4.12. The summed E-state index contributed by atoms with van der Waals surface area (Å²) in [7, 11) is 0. The average molecular weight is 402 g/mol. The topological polar surface area (TPSA) is 9.23 Å². The van der Waals surface area contributed by atoms with E-state index in [4.69, 9.17) is 4.74 Å². The fraction of sp³-hybridized carbons (Fsp3) is 0.400. The highest BCUT2D eigenvalue weighted by Crippen LogP contribution is 2.19. The summed E-state index contributed by atoms with van der Waals surface area (Å²) in [4.78, 5) is 0. The maximum absolute atomic E-state index is 5.59. The number of aryl methyl sites for hydroxylation is 1. The third-order valence-electron chi connectivity index (χ3n) is 1.62. The van der Waals surface area contributed by atoms with Crippen LogP contribution in [0.4, 0.5) is 0 Å². The highest BCUT2D eigenvalue weighted by molar-refractivity contribution is 14.1. The van der Waals surface area contributed by atoms with Gasteiger partial charge in [0.2, 0.25) is 0 Å². The van der Waals surface area contributed by atoms with E-state index in [9.17, 15) is 0 Å². The number of halogens is 2. The average Bonchev–Trinajstić information content (AvgIpc) is 2.07. The molecular formula is C10H12I2O. The Kier molecular flexibility index (Phi) is 4.78. The molecule has 0 spiro atoms. The third-order valence-corrected chi connectivity index (χ3v) is 3.14. The van der Waals surface area contributed by atoms with Crippen LogP contribution in [0.25, 0.3) is 0 Å². The van der Waals surface area contributed by atoms with E-state index in [0.29, 0.717) is 3.92 Å². The van der Waals surface area contributed by atoms with E-state index < -0.39 is 0 Å². The largest absolute Gasteiger partial charge is 0.492 e. The number of hydrogen-bond acceptors (Lipinski definition) is 1. The molecule has 0 fully saturated rings. The number of rotatable bonds is 3. The molecule has 0 aliphatic carbocycles. The van der Waals surface area contributed by atoms with Crippen LogP contribution in [0.2, 0.25) is 0 Å². The zero-order chi connectivity index (χ0) is 9.84. The smallest absolute Gasteiger partial charge is 0.120 e. The van der Waals surface area contributed by atoms with Gasteiger partial charge in [0.25, 0.3) is 0 Å². The van der Waals surface area contributed by atoms with E-state index in [1.54, 1.807) is 0 Å². The maximum atomic E-state index is 5.59. The predicted octanol–water partition coefficient (Wildman–Crippen LogP) is 3.80. The van der Waals surface area contributed by atoms with Gasteiger partial charge in [0, 0.05) is 7.49 Å². The number of hydrogen-bond donors (Lipinski definition) is 0. The molecule has 0 bridgehead atoms. The molecule has 1 aromatic carbocycles. The minimum absolute atomic E-state index is 0.552. The van der Waals surface area contributed by atoms with Crippen molar-refractivity contribution in [3.8, 4) is 5.75 Å². The Morgan fingerprint density at radius 3 is 2.69 bits per heavy atom. The Hall–Kier alpha value is 0.480. The fourth-order valence-corrected chi connectivity index (χ4v) is 1.54. The lowest BCUT2D eigenvalue weighted by atomic mass is 10.2. The second kappa shape index (κ2) is 5.38. The fourth-order valence-electron chi connectivity index (χ4n) is 0.874. The summed E-state index contributed by atoms with van der Waals surface area (Å²) in [6.45, 7) is 5.02. The molecule has 0 aliphatic heterocycles. The van der Waals surface area contributed by atoms with Crippen LogP contribution in [-0.2, 0) is 0 Å². The summed E-state index contributed by atoms with van der Waals surface area (Å²) in [5.74, 6) is 0.971. The van der Waals surface area contributed by atoms with Crippen LogP contribution in [0.15, 0.2) is 18.2 Å². The molecule has 1 aromatic rings. The van der Waals surface area contributed by atoms with Crippen LogP contribution >= 0.6 is 45.2 Å². The van der Waals surface area contributed by atoms with Gasteiger partial charge in [-0.05, 0) is 47.2 Å². The van der Waals surface area contributed by atoms with Gasteiger partial charge in [-0.15, -0.1) is 0 Å². The molecular weight excluding hydrogens is 390 g/mol. The second-order valence-corrected chi connectivity index (χ2v) is 6.29. The Labute approximate surface area is 107 Å². The molecule has 0 amide bonds. The predicted molar refractivity (Wildman–Crippen MR) is 72.9 cm³/mol. The van der Waals surface area contributed by atoms with E-state index in [0.717, 1.165) is 12.4 Å². The summed E-state index contributed by atoms with van der Waals surface area (Å²) >= 11 is 4.68. The normalized spacial score (nSPS) is 12.6. The third kappa shape index (κ3) is 4.01. The van der Waals surface area contributed by atoms with Crippen LogP contribution in [-0.4, -0.2) is 10.5 Å². The van der Waals surface area contributed by atoms with Crippen molar-refractivity contribution in [1.29, 1.82) is 0 Å². The molecule has 0 aromatic heterocycles. The Bertz CT molecular complexity index is 284. The first kappa shape index (κ1) is 11.6. The van der Waals surface area contributed by atoms with Crippen LogP contribution in [0.3, 0.4) is 0 Å². The van der Waals surface area contributed by atoms with Gasteiger partial charge in [0.05, 0.1) is 6.61 Å². The first-order chi connectivity index (χ1) is 6.09. The molecule has 0 saturated carbocycles. The molecule has 1 unspecified atom stereocenters. The lowest BCUT2D eigenvalue weighted by molar-refractivity contribution is 0.326. The summed E-state index contributed by atoms with van der Waals surface area (Å²) in [6.07, 6.45) is 0. The van der Waals surface area contributed by atoms with E-state index in [-0.39, 0.29) is 0 Å². The van der Waals surface area contributed by atoms with E-state index in [2.05, 4.69) is 71.2 Å². The van der Waals surface area contributed by atoms with Crippen molar-refractivity contribution in [2.75, 3.05) is 6.61 Å². The van der Waals surface area contributed by atoms with Crippen LogP contribution in [0.1, 0.15) is 12.5 Å². The minimum Gasteiger partial charge on any atom is -0.492 e. The van der Waals surface area contributed by atoms with Gasteiger partial charge >= 0.3 is 0 Å². The molecule has 1 rings (SSSR count). The number of benzene rings is 1. The Morgan fingerprint density at radius 1 is 1.46 bits per heavy atom. The molecule has 0 radical (unpaired) electrons. The van der Waals surface area contributed by atoms with Gasteiger partial charge in [-0.25, -0.2) is 0 Å². The summed E-state index contributed by atoms with van der Waals surface area (Å²) in [5, 5.41) is 0. The lowest BCUT2D eigenvalue weighted by Gasteiger charge is -2.08. The first-order valence-corrected chi connectivity index (χ1v) is 6.45. The van der Waals surface area contributed by atoms with Crippen molar-refractivity contribution in [2.24, 2.45) is 0 Å². The molecule has 1 nitrogen and oxygen atoms in total. The quantitative estimate of drug-likeness (QED) is 0.553. The van der Waals surface area contributed by atoms with Gasteiger partial charge in [-0.2, -0.15) is 0 Å². The van der Waals surface area contributed by atoms with Crippen molar-refractivity contribution in [2.45, 2.75) is 17.8 Å². The van der Waals surface area contributed by atoms with Crippen molar-refractivity contribution in [3.63, 3.8) is 0 Å². The standard InChI is InChI=1S/C10H12I2O/c1-7-3-4-9(5-10(7)12)13-6-8(2)11/h3-5,8H,6H2,1-2H3. The number of ether oxygens (including phenoxy) is 1. The minimum atomic E-state index is 0.552. The van der Waals surface area contributed by atoms with Crippen molar-refractivity contribution < 1.29 is 4.74 Å².